The van der Waals surface area contributed by atoms with Crippen LogP contribution >= 0.6 is 0 Å². The first-order valence-corrected chi connectivity index (χ1v) is 8.70. The van der Waals surface area contributed by atoms with Gasteiger partial charge in [-0.3, -0.25) is 15.5 Å². The van der Waals surface area contributed by atoms with Gasteiger partial charge in [0.1, 0.15) is 11.3 Å². The summed E-state index contributed by atoms with van der Waals surface area (Å²) in [7, 11) is 1.58. The molecule has 4 aromatic rings. The number of rotatable bonds is 5. The summed E-state index contributed by atoms with van der Waals surface area (Å²) in [5.74, 6) is 0.601. The van der Waals surface area contributed by atoms with Crippen molar-refractivity contribution < 1.29 is 9.66 Å². The molecule has 0 bridgehead atoms. The second-order valence-corrected chi connectivity index (χ2v) is 6.42. The number of nitrogens with one attached hydrogen (secondary N) is 2. The fourth-order valence-electron chi connectivity index (χ4n) is 3.11. The number of aromatic nitrogens is 1. The number of hydrogen-bond acceptors (Lipinski definition) is 6. The van der Waals surface area contributed by atoms with Crippen molar-refractivity contribution in [3.05, 3.63) is 76.3 Å². The zero-order valence-corrected chi connectivity index (χ0v) is 15.4. The van der Waals surface area contributed by atoms with Crippen LogP contribution in [0.5, 0.6) is 5.75 Å². The Kier molecular flexibility index (Phi) is 4.41. The highest BCUT2D eigenvalue weighted by Crippen LogP contribution is 2.36. The third-order valence-electron chi connectivity index (χ3n) is 4.57. The summed E-state index contributed by atoms with van der Waals surface area (Å²) in [4.78, 5) is 15.4. The van der Waals surface area contributed by atoms with Gasteiger partial charge in [-0.15, -0.1) is 0 Å². The molecule has 28 heavy (non-hydrogen) atoms. The van der Waals surface area contributed by atoms with Gasteiger partial charge < -0.3 is 10.2 Å². The SMILES string of the molecule is COc1cccc2c(NNc3ccc(C)cc3)c3ccc([N+](=O)[O-])cc3nc12. The van der Waals surface area contributed by atoms with E-state index in [-0.39, 0.29) is 5.69 Å². The van der Waals surface area contributed by atoms with E-state index >= 15 is 0 Å². The standard InChI is InChI=1S/C21H18N4O3/c1-13-6-8-14(9-7-13)23-24-20-16-11-10-15(25(26)27)12-18(16)22-21-17(20)4-3-5-19(21)28-2/h3-12,23H,1-2H3,(H,22,24). The molecule has 0 saturated carbocycles. The highest BCUT2D eigenvalue weighted by atomic mass is 16.6. The van der Waals surface area contributed by atoms with Gasteiger partial charge >= 0.3 is 0 Å². The predicted octanol–water partition coefficient (Wildman–Crippen LogP) is 5.05. The molecular formula is C21H18N4O3. The number of aryl methyl sites for hydroxylation is 1. The number of methoxy groups -OCH3 is 1. The minimum atomic E-state index is -0.425. The van der Waals surface area contributed by atoms with E-state index in [1.54, 1.807) is 13.2 Å². The third kappa shape index (κ3) is 3.14. The normalized spacial score (nSPS) is 10.8. The van der Waals surface area contributed by atoms with Crippen molar-refractivity contribution in [1.29, 1.82) is 0 Å². The topological polar surface area (TPSA) is 89.3 Å². The van der Waals surface area contributed by atoms with Gasteiger partial charge in [0.25, 0.3) is 5.69 Å². The lowest BCUT2D eigenvalue weighted by atomic mass is 10.1. The van der Waals surface area contributed by atoms with Crippen LogP contribution in [0, 0.1) is 17.0 Å². The number of nitro groups is 1. The first kappa shape index (κ1) is 17.5. The van der Waals surface area contributed by atoms with Gasteiger partial charge in [0, 0.05) is 22.9 Å². The highest BCUT2D eigenvalue weighted by molar-refractivity contribution is 6.09. The van der Waals surface area contributed by atoms with Crippen LogP contribution in [-0.2, 0) is 0 Å². The van der Waals surface area contributed by atoms with E-state index < -0.39 is 4.92 Å². The monoisotopic (exact) mass is 374 g/mol. The Morgan fingerprint density at radius 3 is 2.50 bits per heavy atom. The lowest BCUT2D eigenvalue weighted by Gasteiger charge is -2.16. The van der Waals surface area contributed by atoms with Gasteiger partial charge in [0.05, 0.1) is 28.9 Å². The van der Waals surface area contributed by atoms with Crippen molar-refractivity contribution in [3.63, 3.8) is 0 Å². The van der Waals surface area contributed by atoms with Crippen molar-refractivity contribution in [2.24, 2.45) is 0 Å². The van der Waals surface area contributed by atoms with Crippen LogP contribution in [0.3, 0.4) is 0 Å². The fraction of sp³-hybridized carbons (Fsp3) is 0.0952. The van der Waals surface area contributed by atoms with Crippen LogP contribution in [0.4, 0.5) is 17.1 Å². The van der Waals surface area contributed by atoms with Crippen molar-refractivity contribution in [2.75, 3.05) is 18.0 Å². The molecule has 0 amide bonds. The molecule has 0 atom stereocenters. The van der Waals surface area contributed by atoms with Crippen molar-refractivity contribution in [2.45, 2.75) is 6.92 Å². The maximum atomic E-state index is 11.2. The molecular weight excluding hydrogens is 356 g/mol. The van der Waals surface area contributed by atoms with Crippen molar-refractivity contribution in [1.82, 2.24) is 4.98 Å². The van der Waals surface area contributed by atoms with Gasteiger partial charge in [0.15, 0.2) is 0 Å². The molecule has 2 N–H and O–H groups in total. The van der Waals surface area contributed by atoms with Crippen LogP contribution in [0.25, 0.3) is 21.8 Å². The quantitative estimate of drug-likeness (QED) is 0.289. The summed E-state index contributed by atoms with van der Waals surface area (Å²) in [6.07, 6.45) is 0. The maximum absolute atomic E-state index is 11.2. The molecule has 0 fully saturated rings. The van der Waals surface area contributed by atoms with Gasteiger partial charge in [0.2, 0.25) is 0 Å². The Balaban J connectivity index is 1.89. The van der Waals surface area contributed by atoms with Crippen LogP contribution < -0.4 is 15.6 Å². The largest absolute Gasteiger partial charge is 0.494 e. The number of hydrogen-bond donors (Lipinski definition) is 2. The van der Waals surface area contributed by atoms with Crippen molar-refractivity contribution in [3.8, 4) is 5.75 Å². The Morgan fingerprint density at radius 1 is 1.00 bits per heavy atom. The molecule has 140 valence electrons. The number of hydrazine groups is 1. The Bertz CT molecular complexity index is 1190. The molecule has 0 aliphatic carbocycles. The second-order valence-electron chi connectivity index (χ2n) is 6.42. The highest BCUT2D eigenvalue weighted by Gasteiger charge is 2.15. The molecule has 4 rings (SSSR count). The number of fused-ring (bicyclic) bond motifs is 2. The van der Waals surface area contributed by atoms with E-state index in [1.807, 2.05) is 49.4 Å². The van der Waals surface area contributed by atoms with Gasteiger partial charge in [-0.2, -0.15) is 0 Å². The molecule has 0 spiro atoms. The fourth-order valence-corrected chi connectivity index (χ4v) is 3.11. The van der Waals surface area contributed by atoms with Gasteiger partial charge in [-0.05, 0) is 31.2 Å². The number of nitrogens with zero attached hydrogens (tertiary/aromatic N) is 2. The predicted molar refractivity (Wildman–Crippen MR) is 111 cm³/mol. The van der Waals surface area contributed by atoms with Crippen LogP contribution in [0.1, 0.15) is 5.56 Å². The number of benzene rings is 3. The van der Waals surface area contributed by atoms with E-state index in [0.29, 0.717) is 16.8 Å². The molecule has 0 unspecified atom stereocenters. The Labute approximate surface area is 161 Å². The lowest BCUT2D eigenvalue weighted by molar-refractivity contribution is -0.384. The molecule has 0 saturated heterocycles. The van der Waals surface area contributed by atoms with E-state index in [2.05, 4.69) is 15.8 Å². The van der Waals surface area contributed by atoms with Crippen LogP contribution in [0.2, 0.25) is 0 Å². The maximum Gasteiger partial charge on any atom is 0.271 e. The average Bonchev–Trinajstić information content (AvgIpc) is 2.71. The minimum absolute atomic E-state index is 0.00769. The summed E-state index contributed by atoms with van der Waals surface area (Å²) >= 11 is 0. The van der Waals surface area contributed by atoms with E-state index in [1.165, 1.54) is 17.7 Å². The Hall–Kier alpha value is -3.87. The molecule has 1 heterocycles. The zero-order chi connectivity index (χ0) is 19.7. The number of ether oxygens (including phenoxy) is 1. The molecule has 7 nitrogen and oxygen atoms in total. The summed E-state index contributed by atoms with van der Waals surface area (Å²) in [5, 5.41) is 12.8. The van der Waals surface area contributed by atoms with Crippen LogP contribution in [-0.4, -0.2) is 17.0 Å². The average molecular weight is 374 g/mol. The number of nitro benzene ring substituents is 1. The first-order valence-electron chi connectivity index (χ1n) is 8.70. The lowest BCUT2D eigenvalue weighted by Crippen LogP contribution is -2.10. The van der Waals surface area contributed by atoms with E-state index in [0.717, 1.165) is 22.1 Å². The van der Waals surface area contributed by atoms with Crippen molar-refractivity contribution >= 4 is 38.9 Å². The number of para-hydroxylation sites is 1. The number of anilines is 2. The summed E-state index contributed by atoms with van der Waals surface area (Å²) in [5.41, 5.74) is 10.4. The summed E-state index contributed by atoms with van der Waals surface area (Å²) in [6.45, 7) is 2.03. The smallest absolute Gasteiger partial charge is 0.271 e. The summed E-state index contributed by atoms with van der Waals surface area (Å²) in [6, 6.07) is 18.3. The third-order valence-corrected chi connectivity index (χ3v) is 4.57. The number of pyridine rings is 1. The molecule has 0 aliphatic heterocycles. The molecule has 0 aliphatic rings. The van der Waals surface area contributed by atoms with E-state index in [4.69, 9.17) is 4.74 Å². The number of non-ortho nitro benzene ring substituents is 1. The molecule has 1 aromatic heterocycles. The van der Waals surface area contributed by atoms with Gasteiger partial charge in [-0.1, -0.05) is 29.8 Å². The molecule has 0 radical (unpaired) electrons. The van der Waals surface area contributed by atoms with Crippen LogP contribution in [0.15, 0.2) is 60.7 Å². The second kappa shape index (κ2) is 7.03. The summed E-state index contributed by atoms with van der Waals surface area (Å²) < 4.78 is 5.44. The molecule has 7 heteroatoms. The van der Waals surface area contributed by atoms with E-state index in [9.17, 15) is 10.1 Å². The zero-order valence-electron chi connectivity index (χ0n) is 15.4. The first-order chi connectivity index (χ1) is 13.6. The Morgan fingerprint density at radius 2 is 1.79 bits per heavy atom. The van der Waals surface area contributed by atoms with Gasteiger partial charge in [-0.25, -0.2) is 4.98 Å². The minimum Gasteiger partial charge on any atom is -0.494 e. The molecule has 3 aromatic carbocycles.